The van der Waals surface area contributed by atoms with Gasteiger partial charge < -0.3 is 10.6 Å². The Morgan fingerprint density at radius 3 is 2.85 bits per heavy atom. The highest BCUT2D eigenvalue weighted by molar-refractivity contribution is 6.00. The van der Waals surface area contributed by atoms with Gasteiger partial charge in [0.05, 0.1) is 5.56 Å². The molecule has 3 N–H and O–H groups in total. The lowest BCUT2D eigenvalue weighted by Crippen LogP contribution is -2.31. The van der Waals surface area contributed by atoms with Crippen molar-refractivity contribution in [1.82, 2.24) is 4.98 Å². The summed E-state index contributed by atoms with van der Waals surface area (Å²) >= 11 is 0. The number of aryl methyl sites for hydroxylation is 1. The second kappa shape index (κ2) is 5.08. The third-order valence-electron chi connectivity index (χ3n) is 5.16. The number of nitrogen functional groups attached to an aromatic ring is 1. The Morgan fingerprint density at radius 2 is 2.25 bits per heavy atom. The zero-order valence-electron chi connectivity index (χ0n) is 12.4. The molecule has 2 aliphatic carbocycles. The molecule has 2 fully saturated rings. The van der Waals surface area contributed by atoms with E-state index in [2.05, 4.69) is 16.9 Å². The highest BCUT2D eigenvalue weighted by atomic mass is 15.2. The first-order chi connectivity index (χ1) is 9.56. The Labute approximate surface area is 120 Å². The normalized spacial score (nSPS) is 27.8. The van der Waals surface area contributed by atoms with Crippen molar-refractivity contribution in [1.29, 1.82) is 5.41 Å². The van der Waals surface area contributed by atoms with Crippen molar-refractivity contribution in [3.8, 4) is 0 Å². The fourth-order valence-corrected chi connectivity index (χ4v) is 4.20. The Morgan fingerprint density at radius 1 is 1.45 bits per heavy atom. The summed E-state index contributed by atoms with van der Waals surface area (Å²) in [6.45, 7) is 3.03. The number of pyridine rings is 1. The first-order valence-electron chi connectivity index (χ1n) is 7.57. The van der Waals surface area contributed by atoms with Gasteiger partial charge >= 0.3 is 0 Å². The van der Waals surface area contributed by atoms with Crippen molar-refractivity contribution in [2.24, 2.45) is 23.5 Å². The van der Waals surface area contributed by atoms with Crippen LogP contribution in [0.2, 0.25) is 0 Å². The maximum atomic E-state index is 7.79. The molecule has 3 rings (SSSR count). The van der Waals surface area contributed by atoms with Gasteiger partial charge in [-0.15, -0.1) is 0 Å². The topological polar surface area (TPSA) is 66.0 Å². The third-order valence-corrected chi connectivity index (χ3v) is 5.16. The van der Waals surface area contributed by atoms with Gasteiger partial charge in [0.2, 0.25) is 0 Å². The van der Waals surface area contributed by atoms with Gasteiger partial charge in [0, 0.05) is 19.8 Å². The van der Waals surface area contributed by atoms with Crippen LogP contribution >= 0.6 is 0 Å². The predicted molar refractivity (Wildman–Crippen MR) is 82.2 cm³/mol. The standard InChI is InChI=1S/C16H24N4/c1-10-5-6-19-16(14(10)15(17)18)20(2)9-13-8-11-3-4-12(13)7-11/h5-6,11-13H,3-4,7-9H2,1-2H3,(H3,17,18). The predicted octanol–water partition coefficient (Wildman–Crippen LogP) is 2.55. The van der Waals surface area contributed by atoms with Crippen LogP contribution in [0.1, 0.15) is 36.8 Å². The summed E-state index contributed by atoms with van der Waals surface area (Å²) in [5, 5.41) is 7.79. The Hall–Kier alpha value is -1.58. The molecule has 108 valence electrons. The number of anilines is 1. The number of amidine groups is 1. The molecule has 2 bridgehead atoms. The molecule has 2 aliphatic rings. The van der Waals surface area contributed by atoms with Crippen LogP contribution in [0, 0.1) is 30.1 Å². The number of nitrogens with two attached hydrogens (primary N) is 1. The Kier molecular flexibility index (Phi) is 3.40. The first kappa shape index (κ1) is 13.4. The van der Waals surface area contributed by atoms with Crippen LogP contribution in [0.5, 0.6) is 0 Å². The van der Waals surface area contributed by atoms with Gasteiger partial charge in [-0.1, -0.05) is 6.42 Å². The van der Waals surface area contributed by atoms with Gasteiger partial charge in [0.1, 0.15) is 11.7 Å². The minimum absolute atomic E-state index is 0.116. The van der Waals surface area contributed by atoms with E-state index in [1.807, 2.05) is 19.2 Å². The van der Waals surface area contributed by atoms with Gasteiger partial charge in [-0.25, -0.2) is 4.98 Å². The van der Waals surface area contributed by atoms with E-state index in [4.69, 9.17) is 11.1 Å². The second-order valence-corrected chi connectivity index (χ2v) is 6.56. The molecule has 1 aromatic rings. The Balaban J connectivity index is 1.79. The van der Waals surface area contributed by atoms with Crippen molar-refractivity contribution in [2.75, 3.05) is 18.5 Å². The lowest BCUT2D eigenvalue weighted by molar-refractivity contribution is 0.337. The fraction of sp³-hybridized carbons (Fsp3) is 0.625. The maximum absolute atomic E-state index is 7.79. The van der Waals surface area contributed by atoms with E-state index in [1.165, 1.54) is 25.7 Å². The van der Waals surface area contributed by atoms with Crippen molar-refractivity contribution in [3.63, 3.8) is 0 Å². The zero-order chi connectivity index (χ0) is 14.3. The fourth-order valence-electron chi connectivity index (χ4n) is 4.20. The minimum Gasteiger partial charge on any atom is -0.384 e. The lowest BCUT2D eigenvalue weighted by atomic mass is 9.88. The summed E-state index contributed by atoms with van der Waals surface area (Å²) < 4.78 is 0. The molecule has 0 spiro atoms. The summed E-state index contributed by atoms with van der Waals surface area (Å²) in [6.07, 6.45) is 7.46. The molecule has 2 saturated carbocycles. The highest BCUT2D eigenvalue weighted by Gasteiger charge is 2.39. The van der Waals surface area contributed by atoms with Gasteiger partial charge in [0.25, 0.3) is 0 Å². The smallest absolute Gasteiger partial charge is 0.139 e. The number of nitrogens with one attached hydrogen (secondary N) is 1. The third kappa shape index (κ3) is 2.28. The lowest BCUT2D eigenvalue weighted by Gasteiger charge is -2.29. The molecule has 0 aromatic carbocycles. The van der Waals surface area contributed by atoms with Crippen LogP contribution in [0.25, 0.3) is 0 Å². The largest absolute Gasteiger partial charge is 0.384 e. The van der Waals surface area contributed by atoms with Gasteiger partial charge in [-0.05, 0) is 55.6 Å². The minimum atomic E-state index is 0.116. The number of hydrogen-bond acceptors (Lipinski definition) is 3. The Bertz CT molecular complexity index is 525. The molecule has 3 unspecified atom stereocenters. The molecule has 1 heterocycles. The molecule has 1 aromatic heterocycles. The van der Waals surface area contributed by atoms with E-state index in [0.717, 1.165) is 41.2 Å². The van der Waals surface area contributed by atoms with Crippen molar-refractivity contribution < 1.29 is 0 Å². The highest BCUT2D eigenvalue weighted by Crippen LogP contribution is 2.48. The summed E-state index contributed by atoms with van der Waals surface area (Å²) in [6, 6.07) is 1.92. The van der Waals surface area contributed by atoms with Crippen LogP contribution in [0.15, 0.2) is 12.3 Å². The van der Waals surface area contributed by atoms with Gasteiger partial charge in [0.15, 0.2) is 0 Å². The molecular weight excluding hydrogens is 248 g/mol. The zero-order valence-corrected chi connectivity index (χ0v) is 12.4. The average Bonchev–Trinajstić information content (AvgIpc) is 3.00. The van der Waals surface area contributed by atoms with Crippen LogP contribution in [0.3, 0.4) is 0 Å². The van der Waals surface area contributed by atoms with E-state index in [9.17, 15) is 0 Å². The van der Waals surface area contributed by atoms with Crippen molar-refractivity contribution in [3.05, 3.63) is 23.4 Å². The molecule has 0 saturated heterocycles. The summed E-state index contributed by atoms with van der Waals surface area (Å²) in [7, 11) is 2.08. The van der Waals surface area contributed by atoms with Crippen molar-refractivity contribution >= 4 is 11.7 Å². The number of fused-ring (bicyclic) bond motifs is 2. The van der Waals surface area contributed by atoms with Gasteiger partial charge in [-0.3, -0.25) is 5.41 Å². The van der Waals surface area contributed by atoms with E-state index in [0.29, 0.717) is 0 Å². The molecule has 4 heteroatoms. The van der Waals surface area contributed by atoms with Crippen LogP contribution < -0.4 is 10.6 Å². The van der Waals surface area contributed by atoms with E-state index < -0.39 is 0 Å². The molecule has 0 amide bonds. The summed E-state index contributed by atoms with van der Waals surface area (Å²) in [5.74, 6) is 3.65. The molecule has 3 atom stereocenters. The van der Waals surface area contributed by atoms with Crippen LogP contribution in [0.4, 0.5) is 5.82 Å². The van der Waals surface area contributed by atoms with E-state index >= 15 is 0 Å². The number of hydrogen-bond donors (Lipinski definition) is 2. The van der Waals surface area contributed by atoms with Crippen LogP contribution in [-0.2, 0) is 0 Å². The summed E-state index contributed by atoms with van der Waals surface area (Å²) in [4.78, 5) is 6.67. The molecule has 4 nitrogen and oxygen atoms in total. The van der Waals surface area contributed by atoms with E-state index in [1.54, 1.807) is 0 Å². The van der Waals surface area contributed by atoms with Crippen LogP contribution in [-0.4, -0.2) is 24.4 Å². The average molecular weight is 272 g/mol. The second-order valence-electron chi connectivity index (χ2n) is 6.56. The monoisotopic (exact) mass is 272 g/mol. The maximum Gasteiger partial charge on any atom is 0.139 e. The SMILES string of the molecule is Cc1ccnc(N(C)CC2CC3CCC2C3)c1C(=N)N. The number of rotatable bonds is 4. The number of aromatic nitrogens is 1. The van der Waals surface area contributed by atoms with Gasteiger partial charge in [-0.2, -0.15) is 0 Å². The molecular formula is C16H24N4. The molecule has 20 heavy (non-hydrogen) atoms. The van der Waals surface area contributed by atoms with Crippen molar-refractivity contribution in [2.45, 2.75) is 32.6 Å². The number of nitrogens with zero attached hydrogens (tertiary/aromatic N) is 2. The molecule has 0 radical (unpaired) electrons. The quantitative estimate of drug-likeness (QED) is 0.654. The summed E-state index contributed by atoms with van der Waals surface area (Å²) in [5.41, 5.74) is 7.56. The molecule has 0 aliphatic heterocycles. The van der Waals surface area contributed by atoms with E-state index in [-0.39, 0.29) is 5.84 Å². The first-order valence-corrected chi connectivity index (χ1v) is 7.57.